The van der Waals surface area contributed by atoms with Crippen molar-refractivity contribution in [3.63, 3.8) is 0 Å². The number of aromatic nitrogens is 2. The summed E-state index contributed by atoms with van der Waals surface area (Å²) in [4.78, 5) is 7.18. The van der Waals surface area contributed by atoms with Gasteiger partial charge in [0.05, 0.1) is 11.0 Å². The zero-order valence-electron chi connectivity index (χ0n) is 13.3. The van der Waals surface area contributed by atoms with Crippen LogP contribution in [0.15, 0.2) is 24.3 Å². The summed E-state index contributed by atoms with van der Waals surface area (Å²) in [5, 5.41) is 9.06. The molecule has 0 bridgehead atoms. The largest absolute Gasteiger partial charge is 0.396 e. The predicted octanol–water partition coefficient (Wildman–Crippen LogP) is 2.69. The van der Waals surface area contributed by atoms with Crippen LogP contribution < -0.4 is 0 Å². The van der Waals surface area contributed by atoms with Crippen LogP contribution in [0.3, 0.4) is 0 Å². The van der Waals surface area contributed by atoms with E-state index in [1.807, 2.05) is 6.07 Å². The number of rotatable bonds is 9. The quantitative estimate of drug-likeness (QED) is 0.771. The van der Waals surface area contributed by atoms with Gasteiger partial charge in [-0.3, -0.25) is 0 Å². The minimum absolute atomic E-state index is 0.225. The van der Waals surface area contributed by atoms with Crippen molar-refractivity contribution in [3.8, 4) is 0 Å². The molecule has 0 aliphatic heterocycles. The zero-order valence-corrected chi connectivity index (χ0v) is 13.3. The molecule has 2 aromatic rings. The molecule has 0 saturated carbocycles. The first kappa shape index (κ1) is 16.0. The van der Waals surface area contributed by atoms with Gasteiger partial charge in [0.2, 0.25) is 0 Å². The fraction of sp³-hybridized carbons (Fsp3) is 0.588. The molecule has 0 radical (unpaired) electrons. The predicted molar refractivity (Wildman–Crippen MR) is 87.5 cm³/mol. The maximum Gasteiger partial charge on any atom is 0.109 e. The number of hydrogen-bond acceptors (Lipinski definition) is 3. The molecule has 4 heteroatoms. The lowest BCUT2D eigenvalue weighted by Gasteiger charge is -2.18. The van der Waals surface area contributed by atoms with Gasteiger partial charge in [0.15, 0.2) is 0 Å². The number of imidazole rings is 1. The van der Waals surface area contributed by atoms with Crippen molar-refractivity contribution in [1.29, 1.82) is 0 Å². The van der Waals surface area contributed by atoms with Crippen molar-refractivity contribution in [3.05, 3.63) is 30.1 Å². The molecule has 1 aromatic heterocycles. The Kier molecular flexibility index (Phi) is 6.21. The van der Waals surface area contributed by atoms with E-state index in [1.165, 1.54) is 5.52 Å². The molecule has 0 aliphatic carbocycles. The lowest BCUT2D eigenvalue weighted by molar-refractivity contribution is 0.284. The lowest BCUT2D eigenvalue weighted by atomic mass is 10.3. The Morgan fingerprint density at radius 2 is 1.90 bits per heavy atom. The van der Waals surface area contributed by atoms with E-state index in [0.29, 0.717) is 0 Å². The second kappa shape index (κ2) is 8.15. The highest BCUT2D eigenvalue weighted by Gasteiger charge is 2.10. The van der Waals surface area contributed by atoms with Gasteiger partial charge < -0.3 is 14.6 Å². The molecule has 4 nitrogen and oxygen atoms in total. The molecular weight excluding hydrogens is 262 g/mol. The molecule has 2 rings (SSSR count). The summed E-state index contributed by atoms with van der Waals surface area (Å²) in [5.74, 6) is 1.10. The van der Waals surface area contributed by atoms with Gasteiger partial charge >= 0.3 is 0 Å². The molecule has 1 N–H and O–H groups in total. The van der Waals surface area contributed by atoms with Gasteiger partial charge in [-0.1, -0.05) is 26.0 Å². The zero-order chi connectivity index (χ0) is 15.1. The number of aliphatic hydroxyl groups is 1. The molecule has 0 amide bonds. The summed E-state index contributed by atoms with van der Waals surface area (Å²) >= 11 is 0. The summed E-state index contributed by atoms with van der Waals surface area (Å²) in [6.45, 7) is 8.99. The van der Waals surface area contributed by atoms with Crippen LogP contribution in [-0.4, -0.2) is 45.8 Å². The number of nitrogens with zero attached hydrogens (tertiary/aromatic N) is 3. The van der Waals surface area contributed by atoms with Crippen LogP contribution in [0.5, 0.6) is 0 Å². The van der Waals surface area contributed by atoms with E-state index >= 15 is 0 Å². The maximum atomic E-state index is 9.06. The SMILES string of the molecule is CCN(CC)CCCn1c(CCCO)nc2ccccc21. The summed E-state index contributed by atoms with van der Waals surface area (Å²) in [6.07, 6.45) is 2.75. The van der Waals surface area contributed by atoms with Crippen molar-refractivity contribution in [2.45, 2.75) is 39.7 Å². The van der Waals surface area contributed by atoms with Crippen molar-refractivity contribution >= 4 is 11.0 Å². The highest BCUT2D eigenvalue weighted by Crippen LogP contribution is 2.17. The first-order chi connectivity index (χ1) is 10.3. The second-order valence-corrected chi connectivity index (χ2v) is 5.38. The van der Waals surface area contributed by atoms with Crippen LogP contribution >= 0.6 is 0 Å². The van der Waals surface area contributed by atoms with Gasteiger partial charge in [0, 0.05) is 19.6 Å². The Labute approximate surface area is 127 Å². The standard InChI is InChI=1S/C17H27N3O/c1-3-19(4-2)12-8-13-20-16-10-6-5-9-15(16)18-17(20)11-7-14-21/h5-6,9-10,21H,3-4,7-8,11-14H2,1-2H3. The highest BCUT2D eigenvalue weighted by atomic mass is 16.2. The van der Waals surface area contributed by atoms with Gasteiger partial charge in [0.1, 0.15) is 5.82 Å². The third-order valence-corrected chi connectivity index (χ3v) is 4.04. The van der Waals surface area contributed by atoms with Crippen LogP contribution in [-0.2, 0) is 13.0 Å². The Balaban J connectivity index is 2.11. The molecular formula is C17H27N3O. The Morgan fingerprint density at radius 1 is 1.14 bits per heavy atom. The third kappa shape index (κ3) is 4.05. The normalized spacial score (nSPS) is 11.6. The number of para-hydroxylation sites is 2. The van der Waals surface area contributed by atoms with Crippen LogP contribution in [0, 0.1) is 0 Å². The molecule has 0 atom stereocenters. The van der Waals surface area contributed by atoms with Crippen LogP contribution in [0.2, 0.25) is 0 Å². The van der Waals surface area contributed by atoms with E-state index in [1.54, 1.807) is 0 Å². The Bertz CT molecular complexity index is 546. The van der Waals surface area contributed by atoms with Gasteiger partial charge in [-0.25, -0.2) is 4.98 Å². The maximum absolute atomic E-state index is 9.06. The van der Waals surface area contributed by atoms with Crippen LogP contribution in [0.25, 0.3) is 11.0 Å². The average Bonchev–Trinajstić information content (AvgIpc) is 2.87. The smallest absolute Gasteiger partial charge is 0.109 e. The fourth-order valence-corrected chi connectivity index (χ4v) is 2.80. The van der Waals surface area contributed by atoms with Crippen molar-refractivity contribution < 1.29 is 5.11 Å². The van der Waals surface area contributed by atoms with Crippen molar-refractivity contribution in [2.24, 2.45) is 0 Å². The molecule has 0 spiro atoms. The Hall–Kier alpha value is -1.39. The number of benzene rings is 1. The Morgan fingerprint density at radius 3 is 2.62 bits per heavy atom. The lowest BCUT2D eigenvalue weighted by Crippen LogP contribution is -2.25. The summed E-state index contributed by atoms with van der Waals surface area (Å²) in [7, 11) is 0. The van der Waals surface area contributed by atoms with Gasteiger partial charge in [-0.05, 0) is 44.6 Å². The van der Waals surface area contributed by atoms with Gasteiger partial charge in [-0.15, -0.1) is 0 Å². The fourth-order valence-electron chi connectivity index (χ4n) is 2.80. The minimum atomic E-state index is 0.225. The van der Waals surface area contributed by atoms with E-state index in [-0.39, 0.29) is 6.61 Å². The first-order valence-electron chi connectivity index (χ1n) is 8.07. The number of aliphatic hydroxyl groups excluding tert-OH is 1. The van der Waals surface area contributed by atoms with Gasteiger partial charge in [0.25, 0.3) is 0 Å². The molecule has 0 aliphatic rings. The molecule has 1 heterocycles. The molecule has 0 fully saturated rings. The van der Waals surface area contributed by atoms with Crippen molar-refractivity contribution in [1.82, 2.24) is 14.5 Å². The van der Waals surface area contributed by atoms with Crippen molar-refractivity contribution in [2.75, 3.05) is 26.2 Å². The van der Waals surface area contributed by atoms with E-state index in [9.17, 15) is 0 Å². The molecule has 1 aromatic carbocycles. The third-order valence-electron chi connectivity index (χ3n) is 4.04. The number of fused-ring (bicyclic) bond motifs is 1. The van der Waals surface area contributed by atoms with Crippen LogP contribution in [0.4, 0.5) is 0 Å². The second-order valence-electron chi connectivity index (χ2n) is 5.38. The van der Waals surface area contributed by atoms with E-state index in [4.69, 9.17) is 10.1 Å². The number of aryl methyl sites for hydroxylation is 2. The van der Waals surface area contributed by atoms with E-state index in [2.05, 4.69) is 41.5 Å². The average molecular weight is 289 g/mol. The summed E-state index contributed by atoms with van der Waals surface area (Å²) in [6, 6.07) is 8.31. The molecule has 0 saturated heterocycles. The first-order valence-corrected chi connectivity index (χ1v) is 8.07. The van der Waals surface area contributed by atoms with Gasteiger partial charge in [-0.2, -0.15) is 0 Å². The summed E-state index contributed by atoms with van der Waals surface area (Å²) < 4.78 is 2.33. The van der Waals surface area contributed by atoms with Crippen LogP contribution in [0.1, 0.15) is 32.5 Å². The highest BCUT2D eigenvalue weighted by molar-refractivity contribution is 5.75. The van der Waals surface area contributed by atoms with E-state index in [0.717, 1.165) is 56.8 Å². The summed E-state index contributed by atoms with van der Waals surface area (Å²) in [5.41, 5.74) is 2.28. The van der Waals surface area contributed by atoms with E-state index < -0.39 is 0 Å². The molecule has 21 heavy (non-hydrogen) atoms. The topological polar surface area (TPSA) is 41.3 Å². The monoisotopic (exact) mass is 289 g/mol. The molecule has 116 valence electrons. The molecule has 0 unspecified atom stereocenters. The number of hydrogen-bond donors (Lipinski definition) is 1. The minimum Gasteiger partial charge on any atom is -0.396 e.